The maximum absolute atomic E-state index is 12.7. The Morgan fingerprint density at radius 1 is 1.19 bits per heavy atom. The van der Waals surface area contributed by atoms with Crippen LogP contribution in [0.5, 0.6) is 5.75 Å². The third-order valence-electron chi connectivity index (χ3n) is 5.65. The molecule has 0 saturated carbocycles. The zero-order valence-corrected chi connectivity index (χ0v) is 20.7. The highest BCUT2D eigenvalue weighted by atomic mass is 127. The molecule has 1 atom stereocenters. The van der Waals surface area contributed by atoms with Gasteiger partial charge in [0.05, 0.1) is 5.69 Å². The van der Waals surface area contributed by atoms with Gasteiger partial charge in [-0.3, -0.25) is 4.99 Å². The molecule has 1 aromatic rings. The van der Waals surface area contributed by atoms with E-state index in [0.717, 1.165) is 45.0 Å². The second-order valence-electron chi connectivity index (χ2n) is 7.94. The van der Waals surface area contributed by atoms with Crippen molar-refractivity contribution in [3.63, 3.8) is 0 Å². The third kappa shape index (κ3) is 8.59. The Hall–Kier alpha value is -1.36. The van der Waals surface area contributed by atoms with Crippen LogP contribution in [0.3, 0.4) is 0 Å². The predicted molar refractivity (Wildman–Crippen MR) is 133 cm³/mol. The SMILES string of the molecule is CCNC(=NCCCCN1CCCC1)NC1CCN(c2ccccc2OC(F)F)C1.I. The molecule has 2 saturated heterocycles. The number of hydrogen-bond acceptors (Lipinski definition) is 4. The van der Waals surface area contributed by atoms with E-state index in [-0.39, 0.29) is 35.8 Å². The number of nitrogens with zero attached hydrogens (tertiary/aromatic N) is 3. The Morgan fingerprint density at radius 3 is 2.71 bits per heavy atom. The van der Waals surface area contributed by atoms with Crippen LogP contribution in [-0.4, -0.2) is 69.3 Å². The van der Waals surface area contributed by atoms with Crippen molar-refractivity contribution in [2.75, 3.05) is 50.7 Å². The minimum Gasteiger partial charge on any atom is -0.433 e. The Morgan fingerprint density at radius 2 is 1.97 bits per heavy atom. The van der Waals surface area contributed by atoms with Crippen molar-refractivity contribution in [3.8, 4) is 5.75 Å². The molecule has 2 heterocycles. The number of rotatable bonds is 10. The van der Waals surface area contributed by atoms with Crippen LogP contribution in [0.1, 0.15) is 39.0 Å². The molecular formula is C22H36F2IN5O. The number of anilines is 1. The maximum Gasteiger partial charge on any atom is 0.387 e. The summed E-state index contributed by atoms with van der Waals surface area (Å²) in [4.78, 5) is 9.36. The number of alkyl halides is 2. The fraction of sp³-hybridized carbons (Fsp3) is 0.682. The number of ether oxygens (including phenoxy) is 1. The number of halogens is 3. The number of hydrogen-bond donors (Lipinski definition) is 2. The zero-order valence-electron chi connectivity index (χ0n) is 18.4. The lowest BCUT2D eigenvalue weighted by Crippen LogP contribution is -2.44. The number of benzene rings is 1. The molecule has 176 valence electrons. The molecule has 0 aliphatic carbocycles. The minimum atomic E-state index is -2.82. The first-order valence-corrected chi connectivity index (χ1v) is 11.2. The van der Waals surface area contributed by atoms with E-state index in [1.807, 2.05) is 12.1 Å². The molecule has 0 radical (unpaired) electrons. The Bertz CT molecular complexity index is 673. The predicted octanol–water partition coefficient (Wildman–Crippen LogP) is 3.92. The molecule has 2 N–H and O–H groups in total. The van der Waals surface area contributed by atoms with Gasteiger partial charge in [-0.15, -0.1) is 24.0 Å². The van der Waals surface area contributed by atoms with Crippen LogP contribution in [0.15, 0.2) is 29.3 Å². The van der Waals surface area contributed by atoms with E-state index in [4.69, 9.17) is 9.73 Å². The first-order valence-electron chi connectivity index (χ1n) is 11.2. The van der Waals surface area contributed by atoms with Crippen molar-refractivity contribution in [1.29, 1.82) is 0 Å². The fourth-order valence-corrected chi connectivity index (χ4v) is 4.17. The summed E-state index contributed by atoms with van der Waals surface area (Å²) in [7, 11) is 0. The van der Waals surface area contributed by atoms with Crippen LogP contribution in [0.2, 0.25) is 0 Å². The summed E-state index contributed by atoms with van der Waals surface area (Å²) in [6.07, 6.45) is 5.86. The molecule has 6 nitrogen and oxygen atoms in total. The summed E-state index contributed by atoms with van der Waals surface area (Å²) >= 11 is 0. The lowest BCUT2D eigenvalue weighted by atomic mass is 10.2. The molecular weight excluding hydrogens is 515 g/mol. The number of para-hydroxylation sites is 2. The molecule has 0 amide bonds. The summed E-state index contributed by atoms with van der Waals surface area (Å²) in [6.45, 7) is 6.04. The van der Waals surface area contributed by atoms with Gasteiger partial charge in [-0.25, -0.2) is 0 Å². The standard InChI is InChI=1S/C22H35F2N5O.HI/c1-2-25-22(26-12-5-6-13-28-14-7-8-15-28)27-18-11-16-29(17-18)19-9-3-4-10-20(19)30-21(23)24;/h3-4,9-10,18,21H,2,5-8,11-17H2,1H3,(H2,25,26,27);1H. The van der Waals surface area contributed by atoms with Gasteiger partial charge in [-0.2, -0.15) is 8.78 Å². The third-order valence-corrected chi connectivity index (χ3v) is 5.65. The van der Waals surface area contributed by atoms with Gasteiger partial charge in [0.1, 0.15) is 5.75 Å². The van der Waals surface area contributed by atoms with Crippen molar-refractivity contribution in [2.24, 2.45) is 4.99 Å². The number of unbranched alkanes of at least 4 members (excludes halogenated alkanes) is 1. The van der Waals surface area contributed by atoms with Crippen LogP contribution in [0, 0.1) is 0 Å². The van der Waals surface area contributed by atoms with Crippen LogP contribution in [0.4, 0.5) is 14.5 Å². The molecule has 0 spiro atoms. The Kier molecular flexibility index (Phi) is 11.6. The summed E-state index contributed by atoms with van der Waals surface area (Å²) in [6, 6.07) is 7.21. The van der Waals surface area contributed by atoms with Gasteiger partial charge in [0.2, 0.25) is 0 Å². The maximum atomic E-state index is 12.7. The zero-order chi connectivity index (χ0) is 21.2. The Labute approximate surface area is 201 Å². The van der Waals surface area contributed by atoms with Crippen molar-refractivity contribution in [2.45, 2.75) is 51.7 Å². The highest BCUT2D eigenvalue weighted by Gasteiger charge is 2.26. The van der Waals surface area contributed by atoms with E-state index >= 15 is 0 Å². The molecule has 1 aromatic carbocycles. The number of aliphatic imine (C=N–C) groups is 1. The molecule has 2 aliphatic heterocycles. The smallest absolute Gasteiger partial charge is 0.387 e. The van der Waals surface area contributed by atoms with Crippen LogP contribution >= 0.6 is 24.0 Å². The molecule has 3 rings (SSSR count). The first kappa shape index (κ1) is 25.9. The number of guanidine groups is 1. The second kappa shape index (κ2) is 13.9. The fourth-order valence-electron chi connectivity index (χ4n) is 4.17. The van der Waals surface area contributed by atoms with E-state index in [1.54, 1.807) is 12.1 Å². The summed E-state index contributed by atoms with van der Waals surface area (Å²) in [5.41, 5.74) is 0.714. The molecule has 9 heteroatoms. The molecule has 1 unspecified atom stereocenters. The van der Waals surface area contributed by atoms with Gasteiger partial charge in [0, 0.05) is 32.2 Å². The molecule has 2 fully saturated rings. The van der Waals surface area contributed by atoms with Crippen molar-refractivity contribution >= 4 is 35.6 Å². The Balaban J connectivity index is 0.00000341. The van der Waals surface area contributed by atoms with Crippen LogP contribution in [-0.2, 0) is 0 Å². The van der Waals surface area contributed by atoms with Crippen LogP contribution in [0.25, 0.3) is 0 Å². The molecule has 0 aromatic heterocycles. The van der Waals surface area contributed by atoms with E-state index in [1.165, 1.54) is 38.9 Å². The van der Waals surface area contributed by atoms with Gasteiger partial charge >= 0.3 is 6.61 Å². The summed E-state index contributed by atoms with van der Waals surface area (Å²) < 4.78 is 30.1. The average Bonchev–Trinajstić information content (AvgIpc) is 3.40. The largest absolute Gasteiger partial charge is 0.433 e. The lowest BCUT2D eigenvalue weighted by molar-refractivity contribution is -0.0495. The molecule has 0 bridgehead atoms. The van der Waals surface area contributed by atoms with Gasteiger partial charge in [0.25, 0.3) is 0 Å². The van der Waals surface area contributed by atoms with Gasteiger partial charge in [-0.05, 0) is 70.8 Å². The van der Waals surface area contributed by atoms with Crippen LogP contribution < -0.4 is 20.3 Å². The van der Waals surface area contributed by atoms with Crippen molar-refractivity contribution < 1.29 is 13.5 Å². The van der Waals surface area contributed by atoms with Gasteiger partial charge in [-0.1, -0.05) is 12.1 Å². The van der Waals surface area contributed by atoms with E-state index in [0.29, 0.717) is 5.69 Å². The average molecular weight is 551 g/mol. The number of likely N-dealkylation sites (tertiary alicyclic amines) is 1. The van der Waals surface area contributed by atoms with E-state index in [2.05, 4.69) is 27.4 Å². The quantitative estimate of drug-likeness (QED) is 0.200. The number of nitrogens with one attached hydrogen (secondary N) is 2. The molecule has 31 heavy (non-hydrogen) atoms. The monoisotopic (exact) mass is 551 g/mol. The van der Waals surface area contributed by atoms with Gasteiger partial charge in [0.15, 0.2) is 5.96 Å². The van der Waals surface area contributed by atoms with Crippen molar-refractivity contribution in [3.05, 3.63) is 24.3 Å². The van der Waals surface area contributed by atoms with E-state index < -0.39 is 6.61 Å². The second-order valence-corrected chi connectivity index (χ2v) is 7.94. The normalized spacial score (nSPS) is 19.5. The summed E-state index contributed by atoms with van der Waals surface area (Å²) in [5.74, 6) is 1.06. The highest BCUT2D eigenvalue weighted by Crippen LogP contribution is 2.31. The minimum absolute atomic E-state index is 0. The molecule has 2 aliphatic rings. The van der Waals surface area contributed by atoms with Gasteiger partial charge < -0.3 is 25.2 Å². The summed E-state index contributed by atoms with van der Waals surface area (Å²) in [5, 5.41) is 6.83. The van der Waals surface area contributed by atoms with E-state index in [9.17, 15) is 8.78 Å². The first-order chi connectivity index (χ1) is 14.7. The lowest BCUT2D eigenvalue weighted by Gasteiger charge is -2.22. The highest BCUT2D eigenvalue weighted by molar-refractivity contribution is 14.0. The topological polar surface area (TPSA) is 52.1 Å². The van der Waals surface area contributed by atoms with Crippen molar-refractivity contribution in [1.82, 2.24) is 15.5 Å².